The zero-order valence-corrected chi connectivity index (χ0v) is 12.3. The van der Waals surface area contributed by atoms with Gasteiger partial charge in [0, 0.05) is 12.6 Å². The summed E-state index contributed by atoms with van der Waals surface area (Å²) in [6.07, 6.45) is 0.840. The number of esters is 1. The van der Waals surface area contributed by atoms with Gasteiger partial charge in [-0.15, -0.1) is 0 Å². The SMILES string of the molecule is CC(=O)Nc1ccc(OC(=O)C2CC2c2ccccc2)cc1. The first-order valence-corrected chi connectivity index (χ1v) is 7.28. The summed E-state index contributed by atoms with van der Waals surface area (Å²) in [6, 6.07) is 16.8. The van der Waals surface area contributed by atoms with Crippen molar-refractivity contribution in [2.45, 2.75) is 19.3 Å². The molecule has 4 nitrogen and oxygen atoms in total. The smallest absolute Gasteiger partial charge is 0.314 e. The highest BCUT2D eigenvalue weighted by Gasteiger charge is 2.45. The maximum absolute atomic E-state index is 12.1. The predicted molar refractivity (Wildman–Crippen MR) is 83.7 cm³/mol. The Morgan fingerprint density at radius 3 is 2.36 bits per heavy atom. The molecule has 0 heterocycles. The number of nitrogens with one attached hydrogen (secondary N) is 1. The quantitative estimate of drug-likeness (QED) is 0.695. The van der Waals surface area contributed by atoms with Crippen LogP contribution in [0.2, 0.25) is 0 Å². The van der Waals surface area contributed by atoms with Crippen LogP contribution in [0, 0.1) is 5.92 Å². The normalized spacial score (nSPS) is 19.3. The van der Waals surface area contributed by atoms with Gasteiger partial charge in [0.05, 0.1) is 5.92 Å². The fourth-order valence-electron chi connectivity index (χ4n) is 2.53. The molecule has 3 rings (SSSR count). The number of rotatable bonds is 4. The van der Waals surface area contributed by atoms with Gasteiger partial charge in [-0.25, -0.2) is 0 Å². The highest BCUT2D eigenvalue weighted by atomic mass is 16.5. The topological polar surface area (TPSA) is 55.4 Å². The lowest BCUT2D eigenvalue weighted by atomic mass is 10.1. The van der Waals surface area contributed by atoms with Crippen LogP contribution in [-0.4, -0.2) is 11.9 Å². The summed E-state index contributed by atoms with van der Waals surface area (Å²) < 4.78 is 5.40. The molecule has 0 aromatic heterocycles. The van der Waals surface area contributed by atoms with E-state index in [9.17, 15) is 9.59 Å². The summed E-state index contributed by atoms with van der Waals surface area (Å²) in [5, 5.41) is 2.67. The fraction of sp³-hybridized carbons (Fsp3) is 0.222. The Hall–Kier alpha value is -2.62. The minimum atomic E-state index is -0.193. The number of benzene rings is 2. The number of ether oxygens (including phenoxy) is 1. The number of anilines is 1. The zero-order valence-electron chi connectivity index (χ0n) is 12.3. The van der Waals surface area contributed by atoms with Crippen LogP contribution in [0.1, 0.15) is 24.8 Å². The van der Waals surface area contributed by atoms with Crippen LogP contribution in [0.5, 0.6) is 5.75 Å². The molecule has 1 N–H and O–H groups in total. The molecule has 2 aromatic carbocycles. The molecule has 1 fully saturated rings. The van der Waals surface area contributed by atoms with Crippen molar-refractivity contribution in [2.24, 2.45) is 5.92 Å². The summed E-state index contributed by atoms with van der Waals surface area (Å²) in [7, 11) is 0. The number of hydrogen-bond donors (Lipinski definition) is 1. The molecule has 4 heteroatoms. The second kappa shape index (κ2) is 6.02. The van der Waals surface area contributed by atoms with Crippen molar-refractivity contribution in [3.05, 3.63) is 60.2 Å². The van der Waals surface area contributed by atoms with Gasteiger partial charge in [0.1, 0.15) is 5.75 Å². The Labute approximate surface area is 129 Å². The van der Waals surface area contributed by atoms with Gasteiger partial charge in [0.2, 0.25) is 5.91 Å². The molecule has 2 aromatic rings. The lowest BCUT2D eigenvalue weighted by molar-refractivity contribution is -0.135. The molecular formula is C18H17NO3. The van der Waals surface area contributed by atoms with Crippen molar-refractivity contribution in [1.29, 1.82) is 0 Å². The Morgan fingerprint density at radius 1 is 1.05 bits per heavy atom. The minimum absolute atomic E-state index is 0.0579. The van der Waals surface area contributed by atoms with E-state index in [1.807, 2.05) is 30.3 Å². The van der Waals surface area contributed by atoms with E-state index in [0.29, 0.717) is 11.4 Å². The van der Waals surface area contributed by atoms with E-state index in [2.05, 4.69) is 5.32 Å². The zero-order chi connectivity index (χ0) is 15.5. The molecule has 1 aliphatic carbocycles. The summed E-state index contributed by atoms with van der Waals surface area (Å²) in [5.74, 6) is 0.386. The Kier molecular flexibility index (Phi) is 3.92. The van der Waals surface area contributed by atoms with Gasteiger partial charge < -0.3 is 10.1 Å². The van der Waals surface area contributed by atoms with Gasteiger partial charge >= 0.3 is 5.97 Å². The third kappa shape index (κ3) is 3.34. The first-order chi connectivity index (χ1) is 10.6. The minimum Gasteiger partial charge on any atom is -0.426 e. The van der Waals surface area contributed by atoms with Gasteiger partial charge in [-0.05, 0) is 42.2 Å². The maximum Gasteiger partial charge on any atom is 0.314 e. The Balaban J connectivity index is 1.58. The average Bonchev–Trinajstić information content (AvgIpc) is 3.30. The van der Waals surface area contributed by atoms with Crippen molar-refractivity contribution in [2.75, 3.05) is 5.32 Å². The summed E-state index contributed by atoms with van der Waals surface area (Å²) in [6.45, 7) is 1.45. The van der Waals surface area contributed by atoms with E-state index in [1.54, 1.807) is 24.3 Å². The molecule has 22 heavy (non-hydrogen) atoms. The summed E-state index contributed by atoms with van der Waals surface area (Å²) in [4.78, 5) is 23.1. The van der Waals surface area contributed by atoms with Crippen LogP contribution < -0.4 is 10.1 Å². The molecule has 0 radical (unpaired) electrons. The van der Waals surface area contributed by atoms with Crippen molar-refractivity contribution in [3.8, 4) is 5.75 Å². The van der Waals surface area contributed by atoms with E-state index in [-0.39, 0.29) is 23.7 Å². The lowest BCUT2D eigenvalue weighted by Crippen LogP contribution is -2.11. The van der Waals surface area contributed by atoms with E-state index in [0.717, 1.165) is 6.42 Å². The lowest BCUT2D eigenvalue weighted by Gasteiger charge is -2.06. The predicted octanol–water partition coefficient (Wildman–Crippen LogP) is 3.35. The van der Waals surface area contributed by atoms with Crippen molar-refractivity contribution in [3.63, 3.8) is 0 Å². The van der Waals surface area contributed by atoms with Gasteiger partial charge in [-0.3, -0.25) is 9.59 Å². The third-order valence-corrected chi connectivity index (χ3v) is 3.71. The van der Waals surface area contributed by atoms with Crippen molar-refractivity contribution < 1.29 is 14.3 Å². The first-order valence-electron chi connectivity index (χ1n) is 7.28. The molecule has 0 spiro atoms. The second-order valence-corrected chi connectivity index (χ2v) is 5.49. The number of carbonyl (C=O) groups excluding carboxylic acids is 2. The summed E-state index contributed by atoms with van der Waals surface area (Å²) in [5.41, 5.74) is 1.87. The van der Waals surface area contributed by atoms with Crippen LogP contribution in [0.25, 0.3) is 0 Å². The van der Waals surface area contributed by atoms with Crippen LogP contribution in [0.15, 0.2) is 54.6 Å². The van der Waals surface area contributed by atoms with E-state index >= 15 is 0 Å². The number of hydrogen-bond acceptors (Lipinski definition) is 3. The molecule has 0 bridgehead atoms. The van der Waals surface area contributed by atoms with Crippen LogP contribution in [0.3, 0.4) is 0 Å². The van der Waals surface area contributed by atoms with Crippen LogP contribution >= 0.6 is 0 Å². The second-order valence-electron chi connectivity index (χ2n) is 5.49. The summed E-state index contributed by atoms with van der Waals surface area (Å²) >= 11 is 0. The standard InChI is InChI=1S/C18H17NO3/c1-12(20)19-14-7-9-15(10-8-14)22-18(21)17-11-16(17)13-5-3-2-4-6-13/h2-10,16-17H,11H2,1H3,(H,19,20). The van der Waals surface area contributed by atoms with E-state index < -0.39 is 0 Å². The highest BCUT2D eigenvalue weighted by molar-refractivity contribution is 5.88. The van der Waals surface area contributed by atoms with Crippen LogP contribution in [-0.2, 0) is 9.59 Å². The van der Waals surface area contributed by atoms with Gasteiger partial charge in [-0.2, -0.15) is 0 Å². The highest BCUT2D eigenvalue weighted by Crippen LogP contribution is 2.48. The van der Waals surface area contributed by atoms with Gasteiger partial charge in [-0.1, -0.05) is 30.3 Å². The fourth-order valence-corrected chi connectivity index (χ4v) is 2.53. The third-order valence-electron chi connectivity index (χ3n) is 3.71. The molecule has 0 saturated heterocycles. The molecular weight excluding hydrogens is 278 g/mol. The number of amides is 1. The maximum atomic E-state index is 12.1. The Bertz CT molecular complexity index is 679. The number of carbonyl (C=O) groups is 2. The average molecular weight is 295 g/mol. The van der Waals surface area contributed by atoms with Crippen molar-refractivity contribution >= 4 is 17.6 Å². The Morgan fingerprint density at radius 2 is 1.73 bits per heavy atom. The van der Waals surface area contributed by atoms with E-state index in [4.69, 9.17) is 4.74 Å². The first kappa shape index (κ1) is 14.3. The molecule has 1 aliphatic rings. The monoisotopic (exact) mass is 295 g/mol. The van der Waals surface area contributed by atoms with Crippen LogP contribution in [0.4, 0.5) is 5.69 Å². The molecule has 0 aliphatic heterocycles. The van der Waals surface area contributed by atoms with E-state index in [1.165, 1.54) is 12.5 Å². The largest absolute Gasteiger partial charge is 0.426 e. The molecule has 1 amide bonds. The molecule has 2 atom stereocenters. The van der Waals surface area contributed by atoms with Crippen molar-refractivity contribution in [1.82, 2.24) is 0 Å². The molecule has 112 valence electrons. The van der Waals surface area contributed by atoms with Gasteiger partial charge in [0.25, 0.3) is 0 Å². The van der Waals surface area contributed by atoms with Gasteiger partial charge in [0.15, 0.2) is 0 Å². The molecule has 2 unspecified atom stereocenters. The molecule has 1 saturated carbocycles.